The Hall–Kier alpha value is -2.80. The van der Waals surface area contributed by atoms with E-state index < -0.39 is 5.97 Å². The summed E-state index contributed by atoms with van der Waals surface area (Å²) in [4.78, 5) is 40.1. The van der Waals surface area contributed by atoms with Gasteiger partial charge in [0.15, 0.2) is 6.61 Å². The van der Waals surface area contributed by atoms with Crippen molar-refractivity contribution in [2.75, 3.05) is 38.4 Å². The van der Waals surface area contributed by atoms with Crippen molar-refractivity contribution < 1.29 is 19.1 Å². The lowest BCUT2D eigenvalue weighted by Crippen LogP contribution is -2.30. The van der Waals surface area contributed by atoms with Crippen molar-refractivity contribution in [2.45, 2.75) is 18.4 Å². The van der Waals surface area contributed by atoms with Gasteiger partial charge in [-0.3, -0.25) is 9.59 Å². The van der Waals surface area contributed by atoms with Crippen molar-refractivity contribution in [2.24, 2.45) is 0 Å². The fraction of sp³-hybridized carbons (Fsp3) is 0.318. The monoisotopic (exact) mass is 414 g/mol. The van der Waals surface area contributed by atoms with E-state index in [0.717, 1.165) is 11.3 Å². The van der Waals surface area contributed by atoms with E-state index in [9.17, 15) is 14.4 Å². The van der Waals surface area contributed by atoms with E-state index in [1.165, 1.54) is 23.6 Å². The lowest BCUT2D eigenvalue weighted by molar-refractivity contribution is -0.133. The number of hydrogen-bond donors (Lipinski definition) is 0. The zero-order valence-electron chi connectivity index (χ0n) is 17.2. The minimum absolute atomic E-state index is 0.0218. The maximum absolute atomic E-state index is 12.4. The third-order valence-corrected chi connectivity index (χ3v) is 5.38. The molecule has 0 saturated heterocycles. The third-order valence-electron chi connectivity index (χ3n) is 4.16. The van der Waals surface area contributed by atoms with E-state index in [4.69, 9.17) is 4.74 Å². The zero-order chi connectivity index (χ0) is 21.4. The van der Waals surface area contributed by atoms with Crippen molar-refractivity contribution in [1.29, 1.82) is 0 Å². The highest BCUT2D eigenvalue weighted by molar-refractivity contribution is 8.00. The van der Waals surface area contributed by atoms with Gasteiger partial charge < -0.3 is 14.5 Å². The molecule has 2 rings (SSSR count). The van der Waals surface area contributed by atoms with E-state index in [2.05, 4.69) is 0 Å². The van der Waals surface area contributed by atoms with Gasteiger partial charge in [0.25, 0.3) is 5.91 Å². The van der Waals surface area contributed by atoms with Gasteiger partial charge in [0.05, 0.1) is 11.3 Å². The molecule has 0 bridgehead atoms. The van der Waals surface area contributed by atoms with Crippen molar-refractivity contribution in [1.82, 2.24) is 4.90 Å². The molecular weight excluding hydrogens is 388 g/mol. The smallest absolute Gasteiger partial charge is 0.339 e. The Morgan fingerprint density at radius 3 is 2.24 bits per heavy atom. The minimum atomic E-state index is -0.575. The Bertz CT molecular complexity index is 865. The number of Topliss-reactive ketones (excluding diaryl/α,β-unsaturated/α-hetero) is 1. The molecule has 2 aromatic rings. The van der Waals surface area contributed by atoms with Crippen LogP contribution in [0, 0.1) is 0 Å². The molecule has 0 fully saturated rings. The molecule has 0 N–H and O–H groups in total. The first-order valence-electron chi connectivity index (χ1n) is 9.16. The number of ether oxygens (including phenoxy) is 1. The molecule has 6 nitrogen and oxygen atoms in total. The van der Waals surface area contributed by atoms with Crippen LogP contribution in [-0.2, 0) is 20.9 Å². The average molecular weight is 415 g/mol. The van der Waals surface area contributed by atoms with Crippen molar-refractivity contribution in [3.63, 3.8) is 0 Å². The molecule has 0 aliphatic carbocycles. The highest BCUT2D eigenvalue weighted by atomic mass is 32.2. The summed E-state index contributed by atoms with van der Waals surface area (Å²) in [6.45, 7) is 1.59. The Labute approximate surface area is 175 Å². The van der Waals surface area contributed by atoms with Crippen molar-refractivity contribution in [3.8, 4) is 0 Å². The van der Waals surface area contributed by atoms with Crippen LogP contribution in [0.2, 0.25) is 0 Å². The zero-order valence-corrected chi connectivity index (χ0v) is 18.0. The lowest BCUT2D eigenvalue weighted by Gasteiger charge is -2.18. The van der Waals surface area contributed by atoms with Crippen molar-refractivity contribution in [3.05, 3.63) is 59.7 Å². The number of amides is 1. The second-order valence-electron chi connectivity index (χ2n) is 6.87. The molecule has 0 aliphatic rings. The predicted octanol–water partition coefficient (Wildman–Crippen LogP) is 3.25. The van der Waals surface area contributed by atoms with Crippen LogP contribution in [0.5, 0.6) is 0 Å². The molecular formula is C22H26N2O4S. The third kappa shape index (κ3) is 6.94. The fourth-order valence-electron chi connectivity index (χ4n) is 2.52. The molecule has 0 heterocycles. The SMILES string of the molecule is CC(=O)CSc1ccccc1C(=O)OCC(=O)N(C)Cc1ccc(N(C)C)cc1. The summed E-state index contributed by atoms with van der Waals surface area (Å²) in [7, 11) is 5.61. The van der Waals surface area contributed by atoms with Gasteiger partial charge in [0.2, 0.25) is 0 Å². The number of likely N-dealkylation sites (N-methyl/N-ethyl adjacent to an activating group) is 1. The van der Waals surface area contributed by atoms with Gasteiger partial charge in [-0.15, -0.1) is 11.8 Å². The van der Waals surface area contributed by atoms with E-state index >= 15 is 0 Å². The van der Waals surface area contributed by atoms with Gasteiger partial charge in [-0.05, 0) is 36.8 Å². The quantitative estimate of drug-likeness (QED) is 0.464. The van der Waals surface area contributed by atoms with Crippen LogP contribution in [0.25, 0.3) is 0 Å². The van der Waals surface area contributed by atoms with Gasteiger partial charge in [-0.2, -0.15) is 0 Å². The standard InChI is InChI=1S/C22H26N2O4S/c1-16(25)15-29-20-8-6-5-7-19(20)22(27)28-14-21(26)24(4)13-17-9-11-18(12-10-17)23(2)3/h5-12H,13-15H2,1-4H3. The van der Waals surface area contributed by atoms with E-state index in [1.807, 2.05) is 43.3 Å². The lowest BCUT2D eigenvalue weighted by atomic mass is 10.2. The van der Waals surface area contributed by atoms with Crippen LogP contribution in [0.3, 0.4) is 0 Å². The number of carbonyl (C=O) groups excluding carboxylic acids is 3. The number of carbonyl (C=O) groups is 3. The van der Waals surface area contributed by atoms with Crippen molar-refractivity contribution >= 4 is 35.1 Å². The Morgan fingerprint density at radius 2 is 1.62 bits per heavy atom. The summed E-state index contributed by atoms with van der Waals surface area (Å²) in [6, 6.07) is 14.8. The molecule has 0 unspecified atom stereocenters. The Kier molecular flexibility index (Phi) is 8.27. The maximum atomic E-state index is 12.4. The molecule has 1 amide bonds. The molecule has 0 saturated carbocycles. The van der Waals surface area contributed by atoms with Gasteiger partial charge in [-0.1, -0.05) is 24.3 Å². The van der Waals surface area contributed by atoms with Crippen LogP contribution in [-0.4, -0.2) is 56.1 Å². The summed E-state index contributed by atoms with van der Waals surface area (Å²) in [5.41, 5.74) is 2.43. The van der Waals surface area contributed by atoms with E-state index in [0.29, 0.717) is 17.0 Å². The summed E-state index contributed by atoms with van der Waals surface area (Å²) < 4.78 is 5.21. The molecule has 0 radical (unpaired) electrons. The normalized spacial score (nSPS) is 10.3. The average Bonchev–Trinajstić information content (AvgIpc) is 2.70. The number of benzene rings is 2. The largest absolute Gasteiger partial charge is 0.452 e. The van der Waals surface area contributed by atoms with E-state index in [1.54, 1.807) is 31.3 Å². The Morgan fingerprint density at radius 1 is 0.966 bits per heavy atom. The highest BCUT2D eigenvalue weighted by Crippen LogP contribution is 2.23. The van der Waals surface area contributed by atoms with Crippen LogP contribution in [0.15, 0.2) is 53.4 Å². The maximum Gasteiger partial charge on any atom is 0.339 e. The molecule has 29 heavy (non-hydrogen) atoms. The second-order valence-corrected chi connectivity index (χ2v) is 7.89. The number of rotatable bonds is 9. The van der Waals surface area contributed by atoms with Gasteiger partial charge in [0, 0.05) is 38.3 Å². The van der Waals surface area contributed by atoms with Crippen LogP contribution >= 0.6 is 11.8 Å². The molecule has 7 heteroatoms. The number of hydrogen-bond acceptors (Lipinski definition) is 6. The molecule has 2 aromatic carbocycles. The number of anilines is 1. The summed E-state index contributed by atoms with van der Waals surface area (Å²) in [5.74, 6) is -0.565. The summed E-state index contributed by atoms with van der Waals surface area (Å²) in [6.07, 6.45) is 0. The first kappa shape index (κ1) is 22.5. The predicted molar refractivity (Wildman–Crippen MR) is 115 cm³/mol. The van der Waals surface area contributed by atoms with Crippen LogP contribution < -0.4 is 4.90 Å². The number of thioether (sulfide) groups is 1. The number of esters is 1. The first-order valence-corrected chi connectivity index (χ1v) is 10.1. The van der Waals surface area contributed by atoms with E-state index in [-0.39, 0.29) is 24.1 Å². The van der Waals surface area contributed by atoms with Crippen LogP contribution in [0.4, 0.5) is 5.69 Å². The van der Waals surface area contributed by atoms with Crippen LogP contribution in [0.1, 0.15) is 22.8 Å². The first-order chi connectivity index (χ1) is 13.8. The second kappa shape index (κ2) is 10.7. The Balaban J connectivity index is 1.91. The molecule has 0 aliphatic heterocycles. The topological polar surface area (TPSA) is 66.9 Å². The summed E-state index contributed by atoms with van der Waals surface area (Å²) >= 11 is 1.28. The van der Waals surface area contributed by atoms with Gasteiger partial charge in [0.1, 0.15) is 5.78 Å². The van der Waals surface area contributed by atoms with Gasteiger partial charge in [-0.25, -0.2) is 4.79 Å². The molecule has 0 aromatic heterocycles. The molecule has 0 spiro atoms. The fourth-order valence-corrected chi connectivity index (χ4v) is 3.36. The van der Waals surface area contributed by atoms with Gasteiger partial charge >= 0.3 is 5.97 Å². The molecule has 154 valence electrons. The number of ketones is 1. The minimum Gasteiger partial charge on any atom is -0.452 e. The number of nitrogens with zero attached hydrogens (tertiary/aromatic N) is 2. The molecule has 0 atom stereocenters. The highest BCUT2D eigenvalue weighted by Gasteiger charge is 2.17. The summed E-state index contributed by atoms with van der Waals surface area (Å²) in [5, 5.41) is 0.